The van der Waals surface area contributed by atoms with E-state index in [-0.39, 0.29) is 0 Å². The Labute approximate surface area is 163 Å². The van der Waals surface area contributed by atoms with E-state index in [0.29, 0.717) is 12.6 Å². The van der Waals surface area contributed by atoms with E-state index in [9.17, 15) is 0 Å². The summed E-state index contributed by atoms with van der Waals surface area (Å²) in [7, 11) is 0. The van der Waals surface area contributed by atoms with Gasteiger partial charge >= 0.3 is 0 Å². The number of rotatable bonds is 7. The first-order valence-electron chi connectivity index (χ1n) is 10.8. The summed E-state index contributed by atoms with van der Waals surface area (Å²) in [6.45, 7) is 9.34. The van der Waals surface area contributed by atoms with Gasteiger partial charge < -0.3 is 15.0 Å². The zero-order valence-electron chi connectivity index (χ0n) is 16.7. The number of aliphatic imine (C=N–C) groups is 1. The molecule has 1 atom stereocenters. The summed E-state index contributed by atoms with van der Waals surface area (Å²) in [6.07, 6.45) is 6.62. The van der Waals surface area contributed by atoms with Crippen LogP contribution in [0.5, 0.6) is 5.75 Å². The van der Waals surface area contributed by atoms with Crippen molar-refractivity contribution < 1.29 is 4.74 Å². The summed E-state index contributed by atoms with van der Waals surface area (Å²) < 4.78 is 6.05. The van der Waals surface area contributed by atoms with Crippen LogP contribution in [-0.2, 0) is 6.54 Å². The smallest absolute Gasteiger partial charge is 0.194 e. The SMILES string of the molecule is CCNC(=NCc1ccccc1OCC1CC1)N1CCC(N2CCCC2)C1. The fraction of sp³-hybridized carbons (Fsp3) is 0.682. The maximum absolute atomic E-state index is 6.05. The van der Waals surface area contributed by atoms with Crippen molar-refractivity contribution in [3.05, 3.63) is 29.8 Å². The first-order valence-corrected chi connectivity index (χ1v) is 10.8. The van der Waals surface area contributed by atoms with Gasteiger partial charge in [-0.2, -0.15) is 0 Å². The van der Waals surface area contributed by atoms with Crippen LogP contribution >= 0.6 is 0 Å². The number of benzene rings is 1. The molecule has 0 bridgehead atoms. The van der Waals surface area contributed by atoms with Crippen LogP contribution < -0.4 is 10.1 Å². The van der Waals surface area contributed by atoms with Crippen LogP contribution in [0.25, 0.3) is 0 Å². The topological polar surface area (TPSA) is 40.1 Å². The summed E-state index contributed by atoms with van der Waals surface area (Å²) in [5.74, 6) is 2.82. The molecule has 1 aromatic carbocycles. The molecule has 1 saturated carbocycles. The van der Waals surface area contributed by atoms with E-state index >= 15 is 0 Å². The minimum atomic E-state index is 0.675. The highest BCUT2D eigenvalue weighted by Crippen LogP contribution is 2.30. The Balaban J connectivity index is 1.39. The molecule has 4 rings (SSSR count). The van der Waals surface area contributed by atoms with Gasteiger partial charge in [0.05, 0.1) is 13.2 Å². The van der Waals surface area contributed by atoms with Crippen LogP contribution in [0.3, 0.4) is 0 Å². The van der Waals surface area contributed by atoms with Crippen molar-refractivity contribution in [2.75, 3.05) is 39.3 Å². The molecular formula is C22H34N4O. The van der Waals surface area contributed by atoms with E-state index in [1.807, 2.05) is 0 Å². The van der Waals surface area contributed by atoms with Gasteiger partial charge in [-0.15, -0.1) is 0 Å². The van der Waals surface area contributed by atoms with Crippen molar-refractivity contribution in [1.29, 1.82) is 0 Å². The van der Waals surface area contributed by atoms with Gasteiger partial charge in [0.25, 0.3) is 0 Å². The van der Waals surface area contributed by atoms with Crippen molar-refractivity contribution in [3.8, 4) is 5.75 Å². The minimum Gasteiger partial charge on any atom is -0.493 e. The second kappa shape index (κ2) is 8.96. The Morgan fingerprint density at radius 3 is 2.74 bits per heavy atom. The summed E-state index contributed by atoms with van der Waals surface area (Å²) in [6, 6.07) is 9.07. The van der Waals surface area contributed by atoms with E-state index in [0.717, 1.165) is 43.9 Å². The lowest BCUT2D eigenvalue weighted by atomic mass is 10.2. The molecule has 2 aliphatic heterocycles. The molecule has 2 heterocycles. The number of hydrogen-bond donors (Lipinski definition) is 1. The third-order valence-corrected chi connectivity index (χ3v) is 6.00. The highest BCUT2D eigenvalue weighted by Gasteiger charge is 2.30. The van der Waals surface area contributed by atoms with E-state index in [1.54, 1.807) is 0 Å². The molecule has 0 aromatic heterocycles. The van der Waals surface area contributed by atoms with Gasteiger partial charge in [-0.25, -0.2) is 4.99 Å². The Hall–Kier alpha value is -1.75. The first-order chi connectivity index (χ1) is 13.3. The zero-order valence-corrected chi connectivity index (χ0v) is 16.7. The predicted molar refractivity (Wildman–Crippen MR) is 110 cm³/mol. The van der Waals surface area contributed by atoms with Crippen LogP contribution in [0.15, 0.2) is 29.3 Å². The number of guanidine groups is 1. The standard InChI is InChI=1S/C22H34N4O/c1-2-23-22(26-14-11-20(16-26)25-12-5-6-13-25)24-15-19-7-3-4-8-21(19)27-17-18-9-10-18/h3-4,7-8,18,20H,2,5-6,9-17H2,1H3,(H,23,24). The molecule has 0 spiro atoms. The van der Waals surface area contributed by atoms with Gasteiger partial charge in [-0.05, 0) is 64.1 Å². The van der Waals surface area contributed by atoms with Crippen LogP contribution in [0, 0.1) is 5.92 Å². The van der Waals surface area contributed by atoms with Crippen LogP contribution in [0.4, 0.5) is 0 Å². The molecule has 5 nitrogen and oxygen atoms in total. The lowest BCUT2D eigenvalue weighted by molar-refractivity contribution is 0.249. The van der Waals surface area contributed by atoms with Gasteiger partial charge in [0.1, 0.15) is 5.75 Å². The van der Waals surface area contributed by atoms with Gasteiger partial charge in [0.15, 0.2) is 5.96 Å². The maximum atomic E-state index is 6.05. The van der Waals surface area contributed by atoms with E-state index in [4.69, 9.17) is 9.73 Å². The molecule has 148 valence electrons. The average Bonchev–Trinajstić information content (AvgIpc) is 3.15. The number of nitrogens with zero attached hydrogens (tertiary/aromatic N) is 3. The van der Waals surface area contributed by atoms with Gasteiger partial charge in [-0.3, -0.25) is 4.90 Å². The molecular weight excluding hydrogens is 336 g/mol. The number of nitrogens with one attached hydrogen (secondary N) is 1. The molecule has 1 aliphatic carbocycles. The molecule has 27 heavy (non-hydrogen) atoms. The third-order valence-electron chi connectivity index (χ3n) is 6.00. The molecule has 1 unspecified atom stereocenters. The third kappa shape index (κ3) is 4.95. The van der Waals surface area contributed by atoms with Gasteiger partial charge in [0, 0.05) is 31.2 Å². The number of para-hydroxylation sites is 1. The molecule has 1 aromatic rings. The monoisotopic (exact) mass is 370 g/mol. The van der Waals surface area contributed by atoms with Crippen molar-refractivity contribution in [3.63, 3.8) is 0 Å². The summed E-state index contributed by atoms with van der Waals surface area (Å²) in [5.41, 5.74) is 1.18. The second-order valence-corrected chi connectivity index (χ2v) is 8.16. The largest absolute Gasteiger partial charge is 0.493 e. The maximum Gasteiger partial charge on any atom is 0.194 e. The van der Waals surface area contributed by atoms with Crippen molar-refractivity contribution in [1.82, 2.24) is 15.1 Å². The lowest BCUT2D eigenvalue weighted by Crippen LogP contribution is -2.42. The Morgan fingerprint density at radius 2 is 1.96 bits per heavy atom. The Kier molecular flexibility index (Phi) is 6.17. The van der Waals surface area contributed by atoms with Crippen molar-refractivity contribution in [2.45, 2.75) is 51.6 Å². The molecule has 5 heteroatoms. The van der Waals surface area contributed by atoms with Crippen molar-refractivity contribution >= 4 is 5.96 Å². The van der Waals surface area contributed by atoms with E-state index in [2.05, 4.69) is 46.3 Å². The fourth-order valence-electron chi connectivity index (χ4n) is 4.19. The second-order valence-electron chi connectivity index (χ2n) is 8.16. The molecule has 2 saturated heterocycles. The van der Waals surface area contributed by atoms with Crippen molar-refractivity contribution in [2.24, 2.45) is 10.9 Å². The molecule has 3 fully saturated rings. The Morgan fingerprint density at radius 1 is 1.15 bits per heavy atom. The molecule has 3 aliphatic rings. The van der Waals surface area contributed by atoms with E-state index in [1.165, 1.54) is 50.8 Å². The molecule has 0 radical (unpaired) electrons. The van der Waals surface area contributed by atoms with Crippen LogP contribution in [0.1, 0.15) is 44.6 Å². The zero-order chi connectivity index (χ0) is 18.5. The summed E-state index contributed by atoms with van der Waals surface area (Å²) in [5, 5.41) is 3.50. The Bertz CT molecular complexity index is 637. The van der Waals surface area contributed by atoms with Gasteiger partial charge in [0.2, 0.25) is 0 Å². The molecule has 0 amide bonds. The number of likely N-dealkylation sites (tertiary alicyclic amines) is 2. The minimum absolute atomic E-state index is 0.675. The highest BCUT2D eigenvalue weighted by atomic mass is 16.5. The number of hydrogen-bond acceptors (Lipinski definition) is 3. The highest BCUT2D eigenvalue weighted by molar-refractivity contribution is 5.80. The van der Waals surface area contributed by atoms with E-state index < -0.39 is 0 Å². The normalized spacial score (nSPS) is 23.8. The van der Waals surface area contributed by atoms with Crippen LogP contribution in [0.2, 0.25) is 0 Å². The van der Waals surface area contributed by atoms with Gasteiger partial charge in [-0.1, -0.05) is 18.2 Å². The summed E-state index contributed by atoms with van der Waals surface area (Å²) in [4.78, 5) is 10.1. The average molecular weight is 371 g/mol. The first kappa shape index (κ1) is 18.6. The quantitative estimate of drug-likeness (QED) is 0.591. The lowest BCUT2D eigenvalue weighted by Gasteiger charge is -2.25. The molecule has 1 N–H and O–H groups in total. The van der Waals surface area contributed by atoms with Crippen LogP contribution in [-0.4, -0.2) is 61.1 Å². The number of ether oxygens (including phenoxy) is 1. The predicted octanol–water partition coefficient (Wildman–Crippen LogP) is 3.11. The summed E-state index contributed by atoms with van der Waals surface area (Å²) >= 11 is 0. The fourth-order valence-corrected chi connectivity index (χ4v) is 4.19.